The first-order chi connectivity index (χ1) is 11.7. The van der Waals surface area contributed by atoms with Crippen LogP contribution in [0.5, 0.6) is 5.75 Å². The number of nitrogens with one attached hydrogen (secondary N) is 3. The summed E-state index contributed by atoms with van der Waals surface area (Å²) in [5.41, 5.74) is 1.80. The number of halogens is 1. The molecule has 0 saturated heterocycles. The van der Waals surface area contributed by atoms with E-state index in [2.05, 4.69) is 25.6 Å². The second-order valence-electron chi connectivity index (χ2n) is 4.99. The van der Waals surface area contributed by atoms with Crippen LogP contribution >= 0.6 is 11.6 Å². The summed E-state index contributed by atoms with van der Waals surface area (Å²) in [5.74, 6) is 1.55. The molecule has 3 rings (SSSR count). The summed E-state index contributed by atoms with van der Waals surface area (Å²) in [4.78, 5) is 22.8. The molecule has 2 aromatic heterocycles. The molecule has 0 aliphatic carbocycles. The highest BCUT2D eigenvalue weighted by molar-refractivity contribution is 6.36. The lowest BCUT2D eigenvalue weighted by molar-refractivity contribution is 0.112. The number of H-pyrrole nitrogens is 1. The molecule has 24 heavy (non-hydrogen) atoms. The molecule has 0 radical (unpaired) electrons. The van der Waals surface area contributed by atoms with E-state index < -0.39 is 0 Å². The highest BCUT2D eigenvalue weighted by Crippen LogP contribution is 2.31. The van der Waals surface area contributed by atoms with Gasteiger partial charge in [0.15, 0.2) is 0 Å². The molecule has 7 nitrogen and oxygen atoms in total. The van der Waals surface area contributed by atoms with Crippen LogP contribution in [0.25, 0.3) is 11.0 Å². The molecule has 124 valence electrons. The summed E-state index contributed by atoms with van der Waals surface area (Å²) in [5, 5.41) is 7.58. The lowest BCUT2D eigenvalue weighted by Crippen LogP contribution is -2.05. The van der Waals surface area contributed by atoms with Gasteiger partial charge in [-0.1, -0.05) is 11.6 Å². The number of nitrogens with zero attached hydrogens (tertiary/aromatic N) is 2. The Balaban J connectivity index is 2.02. The first-order valence-corrected chi connectivity index (χ1v) is 7.72. The predicted octanol–water partition coefficient (Wildman–Crippen LogP) is 3.61. The van der Waals surface area contributed by atoms with E-state index in [0.29, 0.717) is 46.0 Å². The van der Waals surface area contributed by atoms with Crippen LogP contribution in [0.3, 0.4) is 0 Å². The number of methoxy groups -OCH3 is 1. The van der Waals surface area contributed by atoms with Crippen LogP contribution in [-0.2, 0) is 0 Å². The number of benzene rings is 1. The van der Waals surface area contributed by atoms with Crippen LogP contribution in [0.1, 0.15) is 17.3 Å². The van der Waals surface area contributed by atoms with Crippen molar-refractivity contribution in [3.8, 4) is 5.75 Å². The van der Waals surface area contributed by atoms with Crippen LogP contribution in [0.2, 0.25) is 5.02 Å². The molecule has 3 N–H and O–H groups in total. The highest BCUT2D eigenvalue weighted by Gasteiger charge is 2.13. The maximum atomic E-state index is 10.9. The second kappa shape index (κ2) is 6.76. The fraction of sp³-hybridized carbons (Fsp3) is 0.188. The zero-order chi connectivity index (χ0) is 17.1. The predicted molar refractivity (Wildman–Crippen MR) is 94.7 cm³/mol. The molecular weight excluding hydrogens is 330 g/mol. The molecule has 0 atom stereocenters. The fourth-order valence-electron chi connectivity index (χ4n) is 2.35. The number of carbonyl (C=O) groups is 1. The van der Waals surface area contributed by atoms with Crippen molar-refractivity contribution < 1.29 is 9.53 Å². The van der Waals surface area contributed by atoms with Gasteiger partial charge in [0.05, 0.1) is 23.2 Å². The van der Waals surface area contributed by atoms with Crippen LogP contribution in [0.15, 0.2) is 24.4 Å². The number of aromatic nitrogens is 3. The maximum absolute atomic E-state index is 10.9. The third-order valence-corrected chi connectivity index (χ3v) is 3.73. The molecule has 8 heteroatoms. The lowest BCUT2D eigenvalue weighted by Gasteiger charge is -2.12. The van der Waals surface area contributed by atoms with Gasteiger partial charge >= 0.3 is 0 Å². The van der Waals surface area contributed by atoms with Gasteiger partial charge in [-0.15, -0.1) is 0 Å². The first-order valence-electron chi connectivity index (χ1n) is 7.35. The van der Waals surface area contributed by atoms with Gasteiger partial charge in [0.1, 0.15) is 23.5 Å². The monoisotopic (exact) mass is 345 g/mol. The van der Waals surface area contributed by atoms with Crippen molar-refractivity contribution in [2.45, 2.75) is 6.92 Å². The molecule has 0 bridgehead atoms. The Hall–Kier alpha value is -2.80. The first kappa shape index (κ1) is 16.1. The molecule has 0 aliphatic heterocycles. The fourth-order valence-corrected chi connectivity index (χ4v) is 2.58. The Morgan fingerprint density at radius 2 is 2.21 bits per heavy atom. The van der Waals surface area contributed by atoms with Crippen molar-refractivity contribution in [2.24, 2.45) is 0 Å². The third kappa shape index (κ3) is 2.98. The highest BCUT2D eigenvalue weighted by atomic mass is 35.5. The van der Waals surface area contributed by atoms with E-state index in [1.165, 1.54) is 7.11 Å². The number of fused-ring (bicyclic) bond motifs is 1. The molecule has 0 spiro atoms. The van der Waals surface area contributed by atoms with E-state index in [4.69, 9.17) is 16.3 Å². The number of aldehydes is 1. The lowest BCUT2D eigenvalue weighted by atomic mass is 10.2. The summed E-state index contributed by atoms with van der Waals surface area (Å²) in [6.45, 7) is 2.67. The number of hydrogen-bond donors (Lipinski definition) is 3. The Morgan fingerprint density at radius 3 is 2.92 bits per heavy atom. The summed E-state index contributed by atoms with van der Waals surface area (Å²) in [6, 6.07) is 5.07. The Labute approximate surface area is 143 Å². The summed E-state index contributed by atoms with van der Waals surface area (Å²) < 4.78 is 5.31. The smallest absolute Gasteiger partial charge is 0.231 e. The van der Waals surface area contributed by atoms with Gasteiger partial charge in [-0.2, -0.15) is 9.97 Å². The Morgan fingerprint density at radius 1 is 1.38 bits per heavy atom. The van der Waals surface area contributed by atoms with Crippen molar-refractivity contribution in [3.05, 3.63) is 35.0 Å². The van der Waals surface area contributed by atoms with Crippen molar-refractivity contribution in [3.63, 3.8) is 0 Å². The Kier molecular flexibility index (Phi) is 4.52. The molecular formula is C16H16ClN5O2. The molecule has 1 aromatic carbocycles. The quantitative estimate of drug-likeness (QED) is 0.591. The minimum atomic E-state index is 0.383. The van der Waals surface area contributed by atoms with Gasteiger partial charge in [0, 0.05) is 18.3 Å². The molecule has 3 aromatic rings. The van der Waals surface area contributed by atoms with Gasteiger partial charge in [-0.25, -0.2) is 0 Å². The van der Waals surface area contributed by atoms with E-state index in [0.717, 1.165) is 11.7 Å². The van der Waals surface area contributed by atoms with Gasteiger partial charge in [-0.05, 0) is 25.1 Å². The molecule has 0 fully saturated rings. The van der Waals surface area contributed by atoms with Crippen LogP contribution in [0, 0.1) is 0 Å². The molecule has 0 saturated carbocycles. The van der Waals surface area contributed by atoms with Gasteiger partial charge < -0.3 is 20.4 Å². The zero-order valence-corrected chi connectivity index (χ0v) is 13.9. The van der Waals surface area contributed by atoms with E-state index in [1.807, 2.05) is 6.92 Å². The van der Waals surface area contributed by atoms with Gasteiger partial charge in [0.25, 0.3) is 0 Å². The average Bonchev–Trinajstić information content (AvgIpc) is 2.97. The van der Waals surface area contributed by atoms with E-state index in [-0.39, 0.29) is 0 Å². The maximum Gasteiger partial charge on any atom is 0.231 e. The number of aromatic amines is 1. The minimum Gasteiger partial charge on any atom is -0.495 e. The van der Waals surface area contributed by atoms with E-state index in [9.17, 15) is 4.79 Å². The van der Waals surface area contributed by atoms with Crippen molar-refractivity contribution in [1.29, 1.82) is 0 Å². The minimum absolute atomic E-state index is 0.383. The number of carbonyl (C=O) groups excluding carboxylic acids is 1. The summed E-state index contributed by atoms with van der Waals surface area (Å²) >= 11 is 6.18. The topological polar surface area (TPSA) is 91.9 Å². The number of ether oxygens (including phenoxy) is 1. The number of anilines is 3. The summed E-state index contributed by atoms with van der Waals surface area (Å²) in [6.07, 6.45) is 2.43. The van der Waals surface area contributed by atoms with Crippen LogP contribution in [-0.4, -0.2) is 34.9 Å². The van der Waals surface area contributed by atoms with Crippen LogP contribution in [0.4, 0.5) is 17.5 Å². The summed E-state index contributed by atoms with van der Waals surface area (Å²) in [7, 11) is 1.54. The molecule has 2 heterocycles. The average molecular weight is 346 g/mol. The standard InChI is InChI=1S/C16H16ClN5O2/c1-3-18-14-13-10(17)7-19-15(13)22-16(21-14)20-11-5-4-9(8-23)6-12(11)24-2/h4-8H,3H2,1-2H3,(H3,18,19,20,21,22). The molecule has 0 aliphatic rings. The largest absolute Gasteiger partial charge is 0.495 e. The van der Waals surface area contributed by atoms with E-state index in [1.54, 1.807) is 24.4 Å². The van der Waals surface area contributed by atoms with Crippen molar-refractivity contribution in [1.82, 2.24) is 15.0 Å². The third-order valence-electron chi connectivity index (χ3n) is 3.44. The van der Waals surface area contributed by atoms with E-state index >= 15 is 0 Å². The number of rotatable bonds is 6. The zero-order valence-electron chi connectivity index (χ0n) is 13.2. The SMILES string of the molecule is CCNc1nc(Nc2ccc(C=O)cc2OC)nc2[nH]cc(Cl)c12. The number of hydrogen-bond acceptors (Lipinski definition) is 6. The van der Waals surface area contributed by atoms with Gasteiger partial charge in [0.2, 0.25) is 5.95 Å². The Bertz CT molecular complexity index is 894. The van der Waals surface area contributed by atoms with Crippen molar-refractivity contribution >= 4 is 46.4 Å². The van der Waals surface area contributed by atoms with Crippen LogP contribution < -0.4 is 15.4 Å². The molecule has 0 amide bonds. The van der Waals surface area contributed by atoms with Crippen molar-refractivity contribution in [2.75, 3.05) is 24.3 Å². The normalized spacial score (nSPS) is 10.6. The molecule has 0 unspecified atom stereocenters. The van der Waals surface area contributed by atoms with Gasteiger partial charge in [-0.3, -0.25) is 4.79 Å². The second-order valence-corrected chi connectivity index (χ2v) is 5.40.